The molecule has 2 saturated heterocycles. The first-order valence-corrected chi connectivity index (χ1v) is 13.1. The van der Waals surface area contributed by atoms with Crippen molar-refractivity contribution in [2.24, 2.45) is 0 Å². The summed E-state index contributed by atoms with van der Waals surface area (Å²) in [6.45, 7) is -1.47. The molecular formula is C18H24F3N2O9PS. The summed E-state index contributed by atoms with van der Waals surface area (Å²) < 4.78 is 91.5. The van der Waals surface area contributed by atoms with Gasteiger partial charge >= 0.3 is 20.1 Å². The lowest BCUT2D eigenvalue weighted by molar-refractivity contribution is -0.214. The average molecular weight is 532 g/mol. The van der Waals surface area contributed by atoms with E-state index in [0.29, 0.717) is 6.42 Å². The second kappa shape index (κ2) is 10.1. The lowest BCUT2D eigenvalue weighted by atomic mass is 9.88. The van der Waals surface area contributed by atoms with Gasteiger partial charge in [0.25, 0.3) is 0 Å². The number of phosphoric acid groups is 1. The number of hydrogen-bond donors (Lipinski definition) is 3. The van der Waals surface area contributed by atoms with Crippen LogP contribution in [0.2, 0.25) is 0 Å². The molecule has 1 aromatic carbocycles. The number of amides is 1. The first-order chi connectivity index (χ1) is 15.7. The zero-order valence-electron chi connectivity index (χ0n) is 17.7. The van der Waals surface area contributed by atoms with Gasteiger partial charge < -0.3 is 24.2 Å². The second-order valence-corrected chi connectivity index (χ2v) is 11.0. The average Bonchev–Trinajstić information content (AvgIpc) is 3.11. The second-order valence-electron chi connectivity index (χ2n) is 8.02. The number of rotatable bonds is 7. The van der Waals surface area contributed by atoms with E-state index in [9.17, 15) is 30.9 Å². The smallest absolute Gasteiger partial charge is 0.434 e. The van der Waals surface area contributed by atoms with Gasteiger partial charge in [0.2, 0.25) is 16.1 Å². The number of alkyl halides is 3. The minimum Gasteiger partial charge on any atom is -0.434 e. The van der Waals surface area contributed by atoms with Crippen LogP contribution in [-0.2, 0) is 28.6 Å². The van der Waals surface area contributed by atoms with Crippen LogP contribution in [0.15, 0.2) is 35.2 Å². The number of nitrogens with one attached hydrogen (secondary N) is 1. The maximum Gasteiger partial charge on any atom is 0.469 e. The number of piperidine rings is 1. The van der Waals surface area contributed by atoms with Crippen LogP contribution in [0, 0.1) is 0 Å². The molecule has 2 atom stereocenters. The highest BCUT2D eigenvalue weighted by atomic mass is 32.2. The fourth-order valence-corrected chi connectivity index (χ4v) is 5.38. The summed E-state index contributed by atoms with van der Waals surface area (Å²) in [6.07, 6.45) is -8.47. The number of phosphoric ester groups is 1. The Morgan fingerprint density at radius 2 is 1.88 bits per heavy atom. The van der Waals surface area contributed by atoms with Crippen molar-refractivity contribution < 1.29 is 54.7 Å². The van der Waals surface area contributed by atoms with E-state index in [2.05, 4.69) is 14.0 Å². The SMILES string of the molecule is O=C(O[C@H](COP(=O)(O)O)C(F)(F)F)N1CCC2(CC1)C[C@@H](NS(=O)(=O)c1ccccc1)CO2. The summed E-state index contributed by atoms with van der Waals surface area (Å²) in [7, 11) is -8.95. The van der Waals surface area contributed by atoms with Gasteiger partial charge in [0.15, 0.2) is 0 Å². The van der Waals surface area contributed by atoms with Crippen molar-refractivity contribution in [1.82, 2.24) is 9.62 Å². The third-order valence-corrected chi connectivity index (χ3v) is 7.54. The summed E-state index contributed by atoms with van der Waals surface area (Å²) in [6, 6.07) is 7.28. The molecule has 1 aromatic rings. The van der Waals surface area contributed by atoms with E-state index in [1.807, 2.05) is 0 Å². The van der Waals surface area contributed by atoms with E-state index in [4.69, 9.17) is 14.5 Å². The Labute approximate surface area is 193 Å². The van der Waals surface area contributed by atoms with Crippen LogP contribution in [0.1, 0.15) is 19.3 Å². The molecule has 16 heteroatoms. The van der Waals surface area contributed by atoms with E-state index < -0.39 is 54.5 Å². The zero-order valence-corrected chi connectivity index (χ0v) is 19.4. The Morgan fingerprint density at radius 3 is 2.44 bits per heavy atom. The standard InChI is InChI=1S/C18H24F3N2O9PS/c19-18(20,21)15(12-31-33(25,26)27)32-16(24)23-8-6-17(7-9-23)10-13(11-30-17)22-34(28,29)14-4-2-1-3-5-14/h1-5,13,15,22H,6-12H2,(H2,25,26,27)/t13-,15-/m1/s1. The van der Waals surface area contributed by atoms with Gasteiger partial charge in [-0.2, -0.15) is 13.2 Å². The van der Waals surface area contributed by atoms with Crippen LogP contribution >= 0.6 is 7.82 Å². The van der Waals surface area contributed by atoms with Gasteiger partial charge in [-0.25, -0.2) is 22.5 Å². The molecular weight excluding hydrogens is 508 g/mol. The lowest BCUT2D eigenvalue weighted by Gasteiger charge is -2.38. The zero-order chi connectivity index (χ0) is 25.2. The third kappa shape index (κ3) is 7.13. The molecule has 2 heterocycles. The van der Waals surface area contributed by atoms with Gasteiger partial charge in [0.1, 0.15) is 6.61 Å². The van der Waals surface area contributed by atoms with Gasteiger partial charge in [-0.1, -0.05) is 18.2 Å². The fourth-order valence-electron chi connectivity index (χ4n) is 3.81. The molecule has 0 aliphatic carbocycles. The Balaban J connectivity index is 1.53. The molecule has 0 unspecified atom stereocenters. The maximum atomic E-state index is 13.1. The quantitative estimate of drug-likeness (QED) is 0.446. The van der Waals surface area contributed by atoms with Gasteiger partial charge in [0.05, 0.1) is 17.1 Å². The van der Waals surface area contributed by atoms with Gasteiger partial charge in [0, 0.05) is 19.1 Å². The normalized spacial score (nSPS) is 22.0. The maximum absolute atomic E-state index is 13.1. The Hall–Kier alpha value is -1.74. The number of halogens is 3. The number of ether oxygens (including phenoxy) is 2. The Morgan fingerprint density at radius 1 is 1.26 bits per heavy atom. The molecule has 2 aliphatic heterocycles. The number of likely N-dealkylation sites (tertiary alicyclic amines) is 1. The van der Waals surface area contributed by atoms with Crippen molar-refractivity contribution in [3.05, 3.63) is 30.3 Å². The van der Waals surface area contributed by atoms with Crippen molar-refractivity contribution in [3.63, 3.8) is 0 Å². The highest BCUT2D eigenvalue weighted by Crippen LogP contribution is 2.39. The molecule has 0 radical (unpaired) electrons. The van der Waals surface area contributed by atoms with Crippen molar-refractivity contribution in [2.75, 3.05) is 26.3 Å². The Kier molecular flexibility index (Phi) is 7.97. The van der Waals surface area contributed by atoms with Crippen LogP contribution in [0.5, 0.6) is 0 Å². The monoisotopic (exact) mass is 532 g/mol. The molecule has 192 valence electrons. The molecule has 34 heavy (non-hydrogen) atoms. The number of benzene rings is 1. The van der Waals surface area contributed by atoms with E-state index in [-0.39, 0.29) is 37.4 Å². The molecule has 11 nitrogen and oxygen atoms in total. The number of carbonyl (C=O) groups is 1. The first kappa shape index (κ1) is 26.9. The fraction of sp³-hybridized carbons (Fsp3) is 0.611. The number of hydrogen-bond acceptors (Lipinski definition) is 7. The molecule has 0 saturated carbocycles. The highest BCUT2D eigenvalue weighted by Gasteiger charge is 2.47. The third-order valence-electron chi connectivity index (χ3n) is 5.52. The summed E-state index contributed by atoms with van der Waals surface area (Å²) in [5, 5.41) is 0. The summed E-state index contributed by atoms with van der Waals surface area (Å²) >= 11 is 0. The summed E-state index contributed by atoms with van der Waals surface area (Å²) in [4.78, 5) is 30.5. The van der Waals surface area contributed by atoms with Crippen molar-refractivity contribution in [1.29, 1.82) is 0 Å². The van der Waals surface area contributed by atoms with Gasteiger partial charge in [-0.15, -0.1) is 0 Å². The molecule has 2 fully saturated rings. The Bertz CT molecular complexity index is 1010. The summed E-state index contributed by atoms with van der Waals surface area (Å²) in [5.41, 5.74) is -0.742. The minimum atomic E-state index is -5.19. The molecule has 2 aliphatic rings. The van der Waals surface area contributed by atoms with Crippen LogP contribution < -0.4 is 4.72 Å². The molecule has 0 aromatic heterocycles. The largest absolute Gasteiger partial charge is 0.469 e. The van der Waals surface area contributed by atoms with Gasteiger partial charge in [-0.05, 0) is 31.4 Å². The van der Waals surface area contributed by atoms with Crippen LogP contribution in [0.4, 0.5) is 18.0 Å². The molecule has 1 amide bonds. The van der Waals surface area contributed by atoms with E-state index >= 15 is 0 Å². The van der Waals surface area contributed by atoms with Gasteiger partial charge in [-0.3, -0.25) is 4.52 Å². The van der Waals surface area contributed by atoms with Crippen LogP contribution in [-0.4, -0.2) is 79.4 Å². The topological polar surface area (TPSA) is 152 Å². The number of carbonyl (C=O) groups excluding carboxylic acids is 1. The minimum absolute atomic E-state index is 0.0130. The van der Waals surface area contributed by atoms with E-state index in [1.54, 1.807) is 18.2 Å². The highest BCUT2D eigenvalue weighted by molar-refractivity contribution is 7.89. The molecule has 1 spiro atoms. The first-order valence-electron chi connectivity index (χ1n) is 10.1. The van der Waals surface area contributed by atoms with Crippen molar-refractivity contribution in [2.45, 2.75) is 48.1 Å². The summed E-state index contributed by atoms with van der Waals surface area (Å²) in [5.74, 6) is 0. The number of nitrogens with zero attached hydrogens (tertiary/aromatic N) is 1. The van der Waals surface area contributed by atoms with E-state index in [1.165, 1.54) is 12.1 Å². The van der Waals surface area contributed by atoms with Crippen molar-refractivity contribution >= 4 is 23.9 Å². The van der Waals surface area contributed by atoms with Crippen molar-refractivity contribution in [3.8, 4) is 0 Å². The van der Waals surface area contributed by atoms with Crippen LogP contribution in [0.3, 0.4) is 0 Å². The molecule has 0 bridgehead atoms. The molecule has 3 rings (SSSR count). The lowest BCUT2D eigenvalue weighted by Crippen LogP contribution is -2.49. The predicted molar refractivity (Wildman–Crippen MR) is 109 cm³/mol. The van der Waals surface area contributed by atoms with Crippen LogP contribution in [0.25, 0.3) is 0 Å². The predicted octanol–water partition coefficient (Wildman–Crippen LogP) is 1.77. The van der Waals surface area contributed by atoms with E-state index in [0.717, 1.165) is 4.90 Å². The number of sulfonamides is 1. The molecule has 3 N–H and O–H groups in total.